The van der Waals surface area contributed by atoms with E-state index in [9.17, 15) is 0 Å². The van der Waals surface area contributed by atoms with E-state index in [1.807, 2.05) is 6.07 Å². The van der Waals surface area contributed by atoms with Gasteiger partial charge >= 0.3 is 0 Å². The summed E-state index contributed by atoms with van der Waals surface area (Å²) in [5, 5.41) is 0.685. The fourth-order valence-electron chi connectivity index (χ4n) is 0.507. The molecule has 0 aromatic heterocycles. The molecular formula is C6H6ClN. The van der Waals surface area contributed by atoms with Crippen LogP contribution in [-0.2, 0) is 0 Å². The van der Waals surface area contributed by atoms with Crippen LogP contribution in [0.3, 0.4) is 0 Å². The number of anilines is 1. The zero-order valence-corrected chi connectivity index (χ0v) is 5.02. The lowest BCUT2D eigenvalue weighted by Gasteiger charge is -1.89. The van der Waals surface area contributed by atoms with Crippen LogP contribution in [0.1, 0.15) is 0 Å². The second-order valence-electron chi connectivity index (χ2n) is 1.56. The summed E-state index contributed by atoms with van der Waals surface area (Å²) in [5.74, 6) is 0. The molecule has 0 saturated heterocycles. The van der Waals surface area contributed by atoms with Gasteiger partial charge in [0.2, 0.25) is 0 Å². The molecular weight excluding hydrogens is 127 g/mol. The number of rotatable bonds is 0. The zero-order valence-electron chi connectivity index (χ0n) is 4.26. The van der Waals surface area contributed by atoms with E-state index in [2.05, 4.69) is 0 Å². The van der Waals surface area contributed by atoms with Crippen LogP contribution in [0.5, 0.6) is 0 Å². The molecule has 0 aliphatic carbocycles. The second-order valence-corrected chi connectivity index (χ2v) is 1.99. The molecule has 0 unspecified atom stereocenters. The fourth-order valence-corrected chi connectivity index (χ4v) is 0.705. The van der Waals surface area contributed by atoms with Gasteiger partial charge in [0.05, 0.1) is 0 Å². The molecule has 1 aromatic rings. The first-order valence-electron chi connectivity index (χ1n) is 2.30. The molecule has 0 aliphatic heterocycles. The average molecular weight is 134 g/mol. The first-order chi connectivity index (χ1) is 3.79. The minimum absolute atomic E-state index is 0.685. The molecule has 42 valence electrons. The summed E-state index contributed by atoms with van der Waals surface area (Å²) >= 11 is 5.56. The summed E-state index contributed by atoms with van der Waals surface area (Å²) < 4.78 is 0. The van der Waals surface area contributed by atoms with Gasteiger partial charge < -0.3 is 5.73 Å². The number of hydrogen-bond acceptors (Lipinski definition) is 1. The molecule has 0 amide bonds. The molecule has 0 aliphatic rings. The Labute approximate surface area is 53.1 Å². The number of nitrogens with two attached hydrogens (primary N) is 1. The Hall–Kier alpha value is -0.690. The predicted molar refractivity (Wildman–Crippen MR) is 35.9 cm³/mol. The van der Waals surface area contributed by atoms with Crippen LogP contribution in [-0.4, -0.2) is 0 Å². The lowest BCUT2D eigenvalue weighted by Crippen LogP contribution is -1.80. The smallest absolute Gasteiger partial charge is 0.0426 e. The molecule has 2 heteroatoms. The Bertz CT molecular complexity index is 168. The largest absolute Gasteiger partial charge is 0.399 e. The molecule has 1 aromatic carbocycles. The first kappa shape index (κ1) is 5.45. The lowest BCUT2D eigenvalue weighted by molar-refractivity contribution is 1.69. The molecule has 0 spiro atoms. The topological polar surface area (TPSA) is 26.0 Å². The monoisotopic (exact) mass is 133 g/mol. The van der Waals surface area contributed by atoms with Crippen molar-refractivity contribution in [1.82, 2.24) is 0 Å². The maximum absolute atomic E-state index is 5.56. The second kappa shape index (κ2) is 2.05. The van der Waals surface area contributed by atoms with Crippen molar-refractivity contribution in [1.29, 1.82) is 0 Å². The van der Waals surface area contributed by atoms with Gasteiger partial charge in [0.25, 0.3) is 0 Å². The maximum Gasteiger partial charge on any atom is 0.0426 e. The normalized spacial score (nSPS) is 9.12. The SMILES string of the molecule is N[13c]1[13cH][13cH][13cH][13c](Cl)[13cH]1. The van der Waals surface area contributed by atoms with E-state index in [1.54, 1.807) is 18.2 Å². The van der Waals surface area contributed by atoms with Crippen molar-refractivity contribution < 1.29 is 0 Å². The number of nitrogen functional groups attached to an aromatic ring is 1. The maximum atomic E-state index is 5.56. The summed E-state index contributed by atoms with van der Waals surface area (Å²) in [4.78, 5) is 0. The Morgan fingerprint density at radius 2 is 2.12 bits per heavy atom. The highest BCUT2D eigenvalue weighted by Gasteiger charge is 1.83. The highest BCUT2D eigenvalue weighted by atomic mass is 35.5. The molecule has 0 fully saturated rings. The summed E-state index contributed by atoms with van der Waals surface area (Å²) in [7, 11) is 0. The Kier molecular flexibility index (Phi) is 1.40. The molecule has 0 radical (unpaired) electrons. The van der Waals surface area contributed by atoms with Crippen LogP contribution in [0.15, 0.2) is 24.3 Å². The van der Waals surface area contributed by atoms with E-state index in [4.69, 9.17) is 17.3 Å². The minimum Gasteiger partial charge on any atom is -0.399 e. The molecule has 1 nitrogen and oxygen atoms in total. The molecule has 2 N–H and O–H groups in total. The molecule has 0 atom stereocenters. The minimum atomic E-state index is 0.685. The van der Waals surface area contributed by atoms with E-state index in [0.29, 0.717) is 10.7 Å². The number of hydrogen-bond donors (Lipinski definition) is 1. The molecule has 8 heavy (non-hydrogen) atoms. The summed E-state index contributed by atoms with van der Waals surface area (Å²) in [6, 6.07) is 7.11. The van der Waals surface area contributed by atoms with Gasteiger partial charge in [0.15, 0.2) is 0 Å². The molecule has 0 saturated carbocycles. The first-order valence-corrected chi connectivity index (χ1v) is 2.68. The van der Waals surface area contributed by atoms with Crippen LogP contribution >= 0.6 is 11.6 Å². The van der Waals surface area contributed by atoms with Gasteiger partial charge in [-0.2, -0.15) is 0 Å². The highest BCUT2D eigenvalue weighted by molar-refractivity contribution is 6.30. The molecule has 1 rings (SSSR count). The van der Waals surface area contributed by atoms with Crippen molar-refractivity contribution in [3.63, 3.8) is 0 Å². The van der Waals surface area contributed by atoms with Gasteiger partial charge in [-0.3, -0.25) is 0 Å². The highest BCUT2D eigenvalue weighted by Crippen LogP contribution is 2.10. The standard InChI is InChI=1S/C6H6ClN/c7-5-2-1-3-6(8)4-5/h1-4H,8H2/i1+1,2+1,3+1,4+1,5+1,6+1. The van der Waals surface area contributed by atoms with Crippen molar-refractivity contribution in [3.8, 4) is 0 Å². The molecule has 0 bridgehead atoms. The summed E-state index contributed by atoms with van der Waals surface area (Å²) in [6.45, 7) is 0. The Balaban J connectivity index is 3.08. The van der Waals surface area contributed by atoms with Crippen molar-refractivity contribution in [3.05, 3.63) is 29.3 Å². The van der Waals surface area contributed by atoms with E-state index < -0.39 is 0 Å². The van der Waals surface area contributed by atoms with E-state index >= 15 is 0 Å². The van der Waals surface area contributed by atoms with E-state index in [-0.39, 0.29) is 0 Å². The fraction of sp³-hybridized carbons (Fsp3) is 0. The van der Waals surface area contributed by atoms with Crippen LogP contribution in [0.2, 0.25) is 5.02 Å². The third kappa shape index (κ3) is 1.14. The van der Waals surface area contributed by atoms with Gasteiger partial charge in [0, 0.05) is 10.7 Å². The molecule has 0 heterocycles. The van der Waals surface area contributed by atoms with Crippen LogP contribution in [0, 0.1) is 0 Å². The van der Waals surface area contributed by atoms with Gasteiger partial charge in [-0.15, -0.1) is 0 Å². The van der Waals surface area contributed by atoms with Gasteiger partial charge in [0.1, 0.15) is 0 Å². The van der Waals surface area contributed by atoms with Gasteiger partial charge in [-0.1, -0.05) is 17.7 Å². The predicted octanol–water partition coefficient (Wildman–Crippen LogP) is 1.92. The summed E-state index contributed by atoms with van der Waals surface area (Å²) in [6.07, 6.45) is 0. The van der Waals surface area contributed by atoms with Crippen molar-refractivity contribution in [2.75, 3.05) is 5.73 Å². The average Bonchev–Trinajstić information content (AvgIpc) is 1.64. The van der Waals surface area contributed by atoms with Gasteiger partial charge in [-0.05, 0) is 18.2 Å². The van der Waals surface area contributed by atoms with Crippen molar-refractivity contribution >= 4 is 17.3 Å². The van der Waals surface area contributed by atoms with Crippen molar-refractivity contribution in [2.45, 2.75) is 0 Å². The van der Waals surface area contributed by atoms with E-state index in [1.165, 1.54) is 0 Å². The van der Waals surface area contributed by atoms with Crippen LogP contribution in [0.25, 0.3) is 0 Å². The summed E-state index contributed by atoms with van der Waals surface area (Å²) in [5.41, 5.74) is 6.08. The number of halogens is 1. The van der Waals surface area contributed by atoms with Crippen LogP contribution in [0.4, 0.5) is 5.69 Å². The third-order valence-electron chi connectivity index (χ3n) is 0.849. The van der Waals surface area contributed by atoms with Gasteiger partial charge in [-0.25, -0.2) is 0 Å². The van der Waals surface area contributed by atoms with Crippen LogP contribution < -0.4 is 5.73 Å². The lowest BCUT2D eigenvalue weighted by atomic mass is 11.3. The quantitative estimate of drug-likeness (QED) is 0.538. The van der Waals surface area contributed by atoms with Crippen molar-refractivity contribution in [2.24, 2.45) is 0 Å². The third-order valence-corrected chi connectivity index (χ3v) is 1.08. The zero-order chi connectivity index (χ0) is 5.98. The Morgan fingerprint density at radius 1 is 1.38 bits per heavy atom. The number of benzene rings is 1. The van der Waals surface area contributed by atoms with E-state index in [0.717, 1.165) is 0 Å². The Morgan fingerprint density at radius 3 is 2.50 bits per heavy atom.